The average molecular weight is 389 g/mol. The standard InChI is InChI=1S/C24H40O2Si/c1-16(15-25)11-9-12-17(2)19-20-18(26)13-10-14-24(20,6)22(23(3,4)5)21(19)27(7)8/h11-12,15-20,26-27H,10,13-14H2,1-8H3. The van der Waals surface area contributed by atoms with Crippen LogP contribution in [0.5, 0.6) is 0 Å². The third-order valence-corrected chi connectivity index (χ3v) is 8.74. The molecule has 0 aromatic heterocycles. The lowest BCUT2D eigenvalue weighted by atomic mass is 9.58. The number of aldehydes is 1. The highest BCUT2D eigenvalue weighted by molar-refractivity contribution is 6.64. The van der Waals surface area contributed by atoms with Crippen LogP contribution in [0.3, 0.4) is 0 Å². The van der Waals surface area contributed by atoms with E-state index in [1.807, 2.05) is 13.0 Å². The molecule has 0 heterocycles. The fourth-order valence-electron chi connectivity index (χ4n) is 6.14. The summed E-state index contributed by atoms with van der Waals surface area (Å²) in [5, 5.41) is 12.8. The Balaban J connectivity index is 2.60. The molecule has 0 saturated heterocycles. The van der Waals surface area contributed by atoms with E-state index in [1.54, 1.807) is 10.8 Å². The molecule has 27 heavy (non-hydrogen) atoms. The largest absolute Gasteiger partial charge is 0.393 e. The maximum atomic E-state index is 11.1. The van der Waals surface area contributed by atoms with Crippen molar-refractivity contribution >= 4 is 15.1 Å². The average Bonchev–Trinajstić information content (AvgIpc) is 2.85. The van der Waals surface area contributed by atoms with Crippen LogP contribution >= 0.6 is 0 Å². The molecule has 3 heteroatoms. The Morgan fingerprint density at radius 2 is 1.89 bits per heavy atom. The molecule has 6 atom stereocenters. The molecule has 0 spiro atoms. The second kappa shape index (κ2) is 8.23. The summed E-state index contributed by atoms with van der Waals surface area (Å²) in [5.41, 5.74) is 5.17. The third-order valence-electron chi connectivity index (χ3n) is 6.82. The van der Waals surface area contributed by atoms with Gasteiger partial charge < -0.3 is 9.90 Å². The van der Waals surface area contributed by atoms with Crippen molar-refractivity contribution < 1.29 is 9.90 Å². The number of allylic oxidation sites excluding steroid dienone is 3. The van der Waals surface area contributed by atoms with Crippen molar-refractivity contribution in [1.29, 1.82) is 0 Å². The van der Waals surface area contributed by atoms with Crippen molar-refractivity contribution in [3.05, 3.63) is 28.7 Å². The number of carbonyl (C=O) groups is 1. The maximum Gasteiger partial charge on any atom is 0.127 e. The summed E-state index contributed by atoms with van der Waals surface area (Å²) in [4.78, 5) is 10.9. The second-order valence-corrected chi connectivity index (χ2v) is 13.4. The summed E-state index contributed by atoms with van der Waals surface area (Å²) in [5.74, 6) is 0.935. The molecule has 0 radical (unpaired) electrons. The molecule has 2 nitrogen and oxygen atoms in total. The Morgan fingerprint density at radius 3 is 2.41 bits per heavy atom. The number of fused-ring (bicyclic) bond motifs is 1. The van der Waals surface area contributed by atoms with Crippen LogP contribution in [0.1, 0.15) is 60.8 Å². The minimum absolute atomic E-state index is 0.0952. The van der Waals surface area contributed by atoms with E-state index >= 15 is 0 Å². The van der Waals surface area contributed by atoms with Crippen LogP contribution in [-0.4, -0.2) is 26.3 Å². The van der Waals surface area contributed by atoms with Gasteiger partial charge in [-0.25, -0.2) is 0 Å². The Hall–Kier alpha value is -0.893. The van der Waals surface area contributed by atoms with Crippen molar-refractivity contribution in [1.82, 2.24) is 0 Å². The Labute approximate surface area is 168 Å². The lowest BCUT2D eigenvalue weighted by Gasteiger charge is -2.47. The molecule has 1 N–H and O–H groups in total. The van der Waals surface area contributed by atoms with E-state index in [9.17, 15) is 9.90 Å². The quantitative estimate of drug-likeness (QED) is 0.392. The first-order valence-corrected chi connectivity index (χ1v) is 13.6. The van der Waals surface area contributed by atoms with Crippen molar-refractivity contribution in [2.24, 2.45) is 34.5 Å². The van der Waals surface area contributed by atoms with Gasteiger partial charge in [-0.3, -0.25) is 0 Å². The maximum absolute atomic E-state index is 11.1. The van der Waals surface area contributed by atoms with Crippen LogP contribution in [-0.2, 0) is 4.79 Å². The van der Waals surface area contributed by atoms with Crippen LogP contribution in [0.15, 0.2) is 28.7 Å². The van der Waals surface area contributed by atoms with E-state index in [4.69, 9.17) is 0 Å². The predicted octanol–water partition coefficient (Wildman–Crippen LogP) is 5.33. The Bertz CT molecular complexity index is 648. The van der Waals surface area contributed by atoms with Gasteiger partial charge in [0.25, 0.3) is 0 Å². The Morgan fingerprint density at radius 1 is 1.26 bits per heavy atom. The van der Waals surface area contributed by atoms with Crippen LogP contribution in [0.2, 0.25) is 13.1 Å². The van der Waals surface area contributed by atoms with Crippen LogP contribution in [0.4, 0.5) is 0 Å². The molecule has 152 valence electrons. The summed E-state index contributed by atoms with van der Waals surface area (Å²) >= 11 is 0. The molecule has 2 rings (SSSR count). The molecule has 0 aliphatic heterocycles. The molecular weight excluding hydrogens is 348 g/mol. The summed E-state index contributed by atoms with van der Waals surface area (Å²) in [7, 11) is -1.05. The van der Waals surface area contributed by atoms with E-state index in [0.717, 1.165) is 19.1 Å². The molecule has 0 bridgehead atoms. The van der Waals surface area contributed by atoms with Crippen molar-refractivity contribution in [3.63, 3.8) is 0 Å². The van der Waals surface area contributed by atoms with Crippen LogP contribution < -0.4 is 0 Å². The van der Waals surface area contributed by atoms with Gasteiger partial charge in [0.1, 0.15) is 6.29 Å². The van der Waals surface area contributed by atoms with E-state index in [2.05, 4.69) is 59.5 Å². The van der Waals surface area contributed by atoms with Gasteiger partial charge >= 0.3 is 0 Å². The summed E-state index contributed by atoms with van der Waals surface area (Å²) in [6, 6.07) is 0. The van der Waals surface area contributed by atoms with Crippen molar-refractivity contribution in [2.45, 2.75) is 80.0 Å². The fraction of sp³-hybridized carbons (Fsp3) is 0.750. The van der Waals surface area contributed by atoms with Gasteiger partial charge in [-0.15, -0.1) is 5.73 Å². The van der Waals surface area contributed by atoms with Gasteiger partial charge in [0.05, 0.1) is 14.9 Å². The number of aliphatic hydroxyl groups is 1. The molecule has 0 amide bonds. The highest BCUT2D eigenvalue weighted by Crippen LogP contribution is 2.63. The molecule has 2 aliphatic rings. The number of aliphatic hydroxyl groups excluding tert-OH is 1. The SMILES string of the molecule is CC(C=O)C=C=CC(C)C1C([SiH](C)C)=C(C(C)(C)C)C2(C)CCCC(O)C12. The minimum atomic E-state index is -1.05. The molecule has 0 aromatic carbocycles. The zero-order chi connectivity index (χ0) is 20.6. The van der Waals surface area contributed by atoms with Crippen molar-refractivity contribution in [3.8, 4) is 0 Å². The van der Waals surface area contributed by atoms with E-state index < -0.39 is 8.80 Å². The number of carbonyl (C=O) groups excluding carboxylic acids is 1. The topological polar surface area (TPSA) is 37.3 Å². The molecule has 6 unspecified atom stereocenters. The first-order chi connectivity index (χ1) is 12.4. The van der Waals surface area contributed by atoms with E-state index in [1.165, 1.54) is 6.42 Å². The minimum Gasteiger partial charge on any atom is -0.393 e. The molecule has 1 saturated carbocycles. The monoisotopic (exact) mass is 388 g/mol. The molecule has 0 aromatic rings. The van der Waals surface area contributed by atoms with Crippen molar-refractivity contribution in [2.75, 3.05) is 0 Å². The second-order valence-electron chi connectivity index (χ2n) is 10.5. The van der Waals surface area contributed by atoms with Gasteiger partial charge in [-0.1, -0.05) is 65.4 Å². The first kappa shape index (κ1) is 22.4. The molecule has 1 fully saturated rings. The first-order valence-electron chi connectivity index (χ1n) is 10.8. The lowest BCUT2D eigenvalue weighted by molar-refractivity contribution is -0.109. The molecule has 2 aliphatic carbocycles. The lowest BCUT2D eigenvalue weighted by Crippen LogP contribution is -2.44. The smallest absolute Gasteiger partial charge is 0.127 e. The zero-order valence-electron chi connectivity index (χ0n) is 18.7. The van der Waals surface area contributed by atoms with E-state index in [0.29, 0.717) is 17.8 Å². The highest BCUT2D eigenvalue weighted by atomic mass is 28.3. The van der Waals surface area contributed by atoms with Crippen LogP contribution in [0, 0.1) is 34.5 Å². The Kier molecular flexibility index (Phi) is 6.83. The van der Waals surface area contributed by atoms with Gasteiger partial charge in [0.15, 0.2) is 0 Å². The number of hydrogen-bond acceptors (Lipinski definition) is 2. The molecular formula is C24H40O2Si. The van der Waals surface area contributed by atoms with Gasteiger partial charge in [0.2, 0.25) is 0 Å². The third kappa shape index (κ3) is 4.26. The van der Waals surface area contributed by atoms with E-state index in [-0.39, 0.29) is 22.9 Å². The van der Waals surface area contributed by atoms with Gasteiger partial charge in [0, 0.05) is 11.8 Å². The van der Waals surface area contributed by atoms with Gasteiger partial charge in [-0.05, 0) is 54.1 Å². The zero-order valence-corrected chi connectivity index (χ0v) is 19.8. The summed E-state index contributed by atoms with van der Waals surface area (Å²) < 4.78 is 0. The number of rotatable bonds is 5. The fourth-order valence-corrected chi connectivity index (χ4v) is 8.76. The predicted molar refractivity (Wildman–Crippen MR) is 117 cm³/mol. The normalized spacial score (nSPS) is 33.3. The highest BCUT2D eigenvalue weighted by Gasteiger charge is 2.57. The van der Waals surface area contributed by atoms with Crippen LogP contribution in [0.25, 0.3) is 0 Å². The summed E-state index contributed by atoms with van der Waals surface area (Å²) in [6.45, 7) is 18.6. The van der Waals surface area contributed by atoms with Gasteiger partial charge in [-0.2, -0.15) is 0 Å². The number of hydrogen-bond donors (Lipinski definition) is 1. The summed E-state index contributed by atoms with van der Waals surface area (Å²) in [6.07, 6.45) is 7.98.